The maximum Gasteiger partial charge on any atom is 0.324 e. The maximum absolute atomic E-state index is 13.1. The highest BCUT2D eigenvalue weighted by atomic mass is 35.5. The third kappa shape index (κ3) is 4.44. The first-order valence-corrected chi connectivity index (χ1v) is 11.2. The molecule has 28 heavy (non-hydrogen) atoms. The van der Waals surface area contributed by atoms with Crippen molar-refractivity contribution in [2.75, 3.05) is 16.9 Å². The maximum atomic E-state index is 13.1. The highest BCUT2D eigenvalue weighted by molar-refractivity contribution is 7.99. The van der Waals surface area contributed by atoms with Gasteiger partial charge in [-0.1, -0.05) is 23.2 Å². The molecule has 0 radical (unpaired) electrons. The highest BCUT2D eigenvalue weighted by Gasteiger charge is 2.29. The van der Waals surface area contributed by atoms with Crippen molar-refractivity contribution in [3.05, 3.63) is 58.6 Å². The second-order valence-electron chi connectivity index (χ2n) is 5.48. The molecule has 0 saturated heterocycles. The van der Waals surface area contributed by atoms with Gasteiger partial charge in [0.05, 0.1) is 4.90 Å². The van der Waals surface area contributed by atoms with E-state index in [1.165, 1.54) is 24.3 Å². The smallest absolute Gasteiger partial charge is 0.308 e. The Morgan fingerprint density at radius 3 is 2.14 bits per heavy atom. The van der Waals surface area contributed by atoms with Crippen LogP contribution in [0.4, 0.5) is 16.3 Å². The van der Waals surface area contributed by atoms with Gasteiger partial charge in [-0.25, -0.2) is 13.2 Å². The molecule has 2 aromatic carbocycles. The molecule has 0 spiro atoms. The number of anilines is 2. The van der Waals surface area contributed by atoms with E-state index in [9.17, 15) is 13.2 Å². The number of nitrogens with zero attached hydrogens (tertiary/aromatic N) is 1. The Morgan fingerprint density at radius 2 is 1.57 bits per heavy atom. The number of amides is 2. The van der Waals surface area contributed by atoms with E-state index < -0.39 is 15.9 Å². The van der Waals surface area contributed by atoms with Crippen LogP contribution in [0.3, 0.4) is 0 Å². The summed E-state index contributed by atoms with van der Waals surface area (Å²) in [6, 6.07) is 11.6. The van der Waals surface area contributed by atoms with Gasteiger partial charge in [-0.3, -0.25) is 10.4 Å². The van der Waals surface area contributed by atoms with Crippen molar-refractivity contribution in [3.63, 3.8) is 0 Å². The molecule has 0 aliphatic heterocycles. The summed E-state index contributed by atoms with van der Waals surface area (Å²) in [6.45, 7) is 0. The predicted molar refractivity (Wildman–Crippen MR) is 111 cm³/mol. The summed E-state index contributed by atoms with van der Waals surface area (Å²) in [5, 5.41) is 12.8. The lowest BCUT2D eigenvalue weighted by Gasteiger charge is -2.10. The molecular weight excluding hydrogens is 443 g/mol. The van der Waals surface area contributed by atoms with Crippen molar-refractivity contribution in [3.8, 4) is 0 Å². The van der Waals surface area contributed by atoms with E-state index in [0.717, 1.165) is 11.8 Å². The summed E-state index contributed by atoms with van der Waals surface area (Å²) >= 11 is 12.8. The minimum atomic E-state index is -3.94. The number of aromatic nitrogens is 2. The fourth-order valence-corrected chi connectivity index (χ4v) is 4.95. The van der Waals surface area contributed by atoms with Gasteiger partial charge < -0.3 is 5.32 Å². The molecule has 0 atom stereocenters. The normalized spacial score (nSPS) is 11.2. The first-order chi connectivity index (χ1) is 13.3. The van der Waals surface area contributed by atoms with E-state index >= 15 is 0 Å². The van der Waals surface area contributed by atoms with E-state index in [4.69, 9.17) is 23.2 Å². The molecule has 146 valence electrons. The van der Waals surface area contributed by atoms with Crippen molar-refractivity contribution < 1.29 is 13.2 Å². The Bertz CT molecular complexity index is 1100. The number of benzene rings is 2. The second-order valence-corrected chi connectivity index (χ2v) is 9.03. The topological polar surface area (TPSA) is 104 Å². The number of urea groups is 1. The lowest BCUT2D eigenvalue weighted by Crippen LogP contribution is -2.21. The average molecular weight is 457 g/mol. The molecule has 0 aliphatic rings. The van der Waals surface area contributed by atoms with E-state index in [-0.39, 0.29) is 20.6 Å². The van der Waals surface area contributed by atoms with Crippen LogP contribution in [-0.2, 0) is 9.84 Å². The van der Waals surface area contributed by atoms with E-state index in [0.29, 0.717) is 15.7 Å². The number of halogens is 2. The summed E-state index contributed by atoms with van der Waals surface area (Å²) in [5.41, 5.74) is 0.494. The first-order valence-electron chi connectivity index (χ1n) is 7.78. The van der Waals surface area contributed by atoms with Crippen molar-refractivity contribution in [2.45, 2.75) is 14.8 Å². The number of rotatable bonds is 5. The van der Waals surface area contributed by atoms with E-state index in [1.807, 2.05) is 0 Å². The zero-order valence-electron chi connectivity index (χ0n) is 14.4. The number of carbonyl (C=O) groups is 1. The SMILES string of the molecule is CSc1n[nH]c(NC(=O)Nc2ccc(Cl)cc2)c1S(=O)(=O)c1ccc(Cl)cc1. The van der Waals surface area contributed by atoms with Gasteiger partial charge in [0.2, 0.25) is 9.84 Å². The van der Waals surface area contributed by atoms with E-state index in [2.05, 4.69) is 20.8 Å². The molecule has 0 unspecified atom stereocenters. The molecule has 11 heteroatoms. The van der Waals surface area contributed by atoms with Gasteiger partial charge in [0, 0.05) is 15.7 Å². The summed E-state index contributed by atoms with van der Waals surface area (Å²) in [7, 11) is -3.94. The summed E-state index contributed by atoms with van der Waals surface area (Å²) in [5.74, 6) is -0.0363. The number of carbonyl (C=O) groups excluding carboxylic acids is 1. The minimum absolute atomic E-state index is 0.0363. The van der Waals surface area contributed by atoms with Gasteiger partial charge >= 0.3 is 6.03 Å². The number of hydrogen-bond donors (Lipinski definition) is 3. The van der Waals surface area contributed by atoms with Crippen LogP contribution in [0.25, 0.3) is 0 Å². The van der Waals surface area contributed by atoms with Crippen molar-refractivity contribution in [1.29, 1.82) is 0 Å². The molecule has 0 bridgehead atoms. The van der Waals surface area contributed by atoms with Gasteiger partial charge in [-0.15, -0.1) is 11.8 Å². The van der Waals surface area contributed by atoms with Crippen LogP contribution in [0, 0.1) is 0 Å². The quantitative estimate of drug-likeness (QED) is 0.472. The van der Waals surface area contributed by atoms with E-state index in [1.54, 1.807) is 30.5 Å². The monoisotopic (exact) mass is 456 g/mol. The Balaban J connectivity index is 1.90. The zero-order valence-corrected chi connectivity index (χ0v) is 17.5. The third-order valence-corrected chi connectivity index (χ3v) is 6.76. The van der Waals surface area contributed by atoms with Gasteiger partial charge in [-0.2, -0.15) is 5.10 Å². The summed E-state index contributed by atoms with van der Waals surface area (Å²) < 4.78 is 26.2. The van der Waals surface area contributed by atoms with Crippen molar-refractivity contribution >= 4 is 62.3 Å². The lowest BCUT2D eigenvalue weighted by atomic mass is 10.3. The highest BCUT2D eigenvalue weighted by Crippen LogP contribution is 2.34. The molecule has 3 aromatic rings. The Labute approximate surface area is 175 Å². The lowest BCUT2D eigenvalue weighted by molar-refractivity contribution is 0.262. The molecule has 0 fully saturated rings. The van der Waals surface area contributed by atoms with Gasteiger partial charge in [-0.05, 0) is 54.8 Å². The van der Waals surface area contributed by atoms with Crippen LogP contribution in [0.1, 0.15) is 0 Å². The fourth-order valence-electron chi connectivity index (χ4n) is 2.33. The number of hydrogen-bond acceptors (Lipinski definition) is 5. The molecule has 7 nitrogen and oxygen atoms in total. The number of sulfone groups is 1. The molecule has 3 rings (SSSR count). The van der Waals surface area contributed by atoms with Crippen molar-refractivity contribution in [2.24, 2.45) is 0 Å². The number of nitrogens with one attached hydrogen (secondary N) is 3. The molecule has 1 aromatic heterocycles. The van der Waals surface area contributed by atoms with Gasteiger partial charge in [0.1, 0.15) is 15.7 Å². The summed E-state index contributed by atoms with van der Waals surface area (Å²) in [6.07, 6.45) is 1.69. The van der Waals surface area contributed by atoms with Crippen LogP contribution in [0.5, 0.6) is 0 Å². The number of thioether (sulfide) groups is 1. The standard InChI is InChI=1S/C17H14Cl2N4O3S2/c1-27-16-14(28(25,26)13-8-4-11(19)5-9-13)15(22-23-16)21-17(24)20-12-6-2-10(18)3-7-12/h2-9H,1H3,(H3,20,21,22,23,24). The predicted octanol–water partition coefficient (Wildman–Crippen LogP) is 4.92. The molecular formula is C17H14Cl2N4O3S2. The minimum Gasteiger partial charge on any atom is -0.308 e. The average Bonchev–Trinajstić information content (AvgIpc) is 3.07. The van der Waals surface area contributed by atoms with Crippen LogP contribution in [0.15, 0.2) is 63.3 Å². The third-order valence-electron chi connectivity index (χ3n) is 3.62. The summed E-state index contributed by atoms with van der Waals surface area (Å²) in [4.78, 5) is 12.2. The largest absolute Gasteiger partial charge is 0.324 e. The van der Waals surface area contributed by atoms with Gasteiger partial charge in [0.25, 0.3) is 0 Å². The van der Waals surface area contributed by atoms with Crippen LogP contribution >= 0.6 is 35.0 Å². The molecule has 2 amide bonds. The van der Waals surface area contributed by atoms with Crippen molar-refractivity contribution in [1.82, 2.24) is 10.2 Å². The zero-order chi connectivity index (χ0) is 20.3. The Kier molecular flexibility index (Phi) is 6.19. The van der Waals surface area contributed by atoms with Crippen LogP contribution in [-0.4, -0.2) is 30.9 Å². The number of aromatic amines is 1. The Morgan fingerprint density at radius 1 is 1.00 bits per heavy atom. The molecule has 3 N–H and O–H groups in total. The molecule has 0 aliphatic carbocycles. The second kappa shape index (κ2) is 8.44. The fraction of sp³-hybridized carbons (Fsp3) is 0.0588. The van der Waals surface area contributed by atoms with Crippen LogP contribution in [0.2, 0.25) is 10.0 Å². The molecule has 0 saturated carbocycles. The number of H-pyrrole nitrogens is 1. The Hall–Kier alpha value is -2.20. The molecule has 1 heterocycles. The first kappa shape index (κ1) is 20.5. The van der Waals surface area contributed by atoms with Gasteiger partial charge in [0.15, 0.2) is 0 Å². The van der Waals surface area contributed by atoms with Crippen LogP contribution < -0.4 is 10.6 Å².